The number of rotatable bonds is 8. The van der Waals surface area contributed by atoms with Crippen LogP contribution in [0, 0.1) is 20.2 Å². The molecule has 1 rings (SSSR count). The van der Waals surface area contributed by atoms with Gasteiger partial charge in [0.25, 0.3) is 11.4 Å². The first kappa shape index (κ1) is 18.0. The van der Waals surface area contributed by atoms with Gasteiger partial charge in [0.1, 0.15) is 6.61 Å². The summed E-state index contributed by atoms with van der Waals surface area (Å²) in [5.74, 6) is -1.26. The number of benzene rings is 1. The first-order valence-electron chi connectivity index (χ1n) is 6.57. The SMILES string of the molecule is CCOC(=O)CCC(=O)OCc1cc([N+](=O)[O-])cc([N+](=O)[O-])c1. The van der Waals surface area contributed by atoms with Gasteiger partial charge >= 0.3 is 11.9 Å². The van der Waals surface area contributed by atoms with Crippen LogP contribution < -0.4 is 0 Å². The standard InChI is InChI=1S/C13H14N2O8/c1-2-22-12(16)3-4-13(17)23-8-9-5-10(14(18)19)7-11(6-9)15(20)21/h5-7H,2-4,8H2,1H3. The lowest BCUT2D eigenvalue weighted by atomic mass is 10.2. The van der Waals surface area contributed by atoms with E-state index < -0.39 is 33.2 Å². The molecule has 0 saturated heterocycles. The van der Waals surface area contributed by atoms with Gasteiger partial charge in [-0.2, -0.15) is 0 Å². The molecule has 0 heterocycles. The van der Waals surface area contributed by atoms with Gasteiger partial charge in [0.15, 0.2) is 0 Å². The van der Waals surface area contributed by atoms with Crippen LogP contribution in [0.1, 0.15) is 25.3 Å². The molecule has 0 aliphatic heterocycles. The third kappa shape index (κ3) is 6.08. The number of carbonyl (C=O) groups excluding carboxylic acids is 2. The van der Waals surface area contributed by atoms with Crippen molar-refractivity contribution in [1.29, 1.82) is 0 Å². The Morgan fingerprint density at radius 1 is 0.957 bits per heavy atom. The van der Waals surface area contributed by atoms with Crippen molar-refractivity contribution in [3.05, 3.63) is 44.0 Å². The summed E-state index contributed by atoms with van der Waals surface area (Å²) in [6, 6.07) is 2.96. The second-order valence-electron chi connectivity index (χ2n) is 4.34. The fourth-order valence-corrected chi connectivity index (χ4v) is 1.62. The van der Waals surface area contributed by atoms with Crippen LogP contribution in [-0.2, 0) is 25.7 Å². The van der Waals surface area contributed by atoms with Crippen LogP contribution in [0.25, 0.3) is 0 Å². The Bertz CT molecular complexity index is 596. The minimum Gasteiger partial charge on any atom is -0.466 e. The Morgan fingerprint density at radius 2 is 1.43 bits per heavy atom. The quantitative estimate of drug-likeness (QED) is 0.401. The van der Waals surface area contributed by atoms with Gasteiger partial charge in [0, 0.05) is 17.7 Å². The number of hydrogen-bond acceptors (Lipinski definition) is 8. The van der Waals surface area contributed by atoms with Crippen molar-refractivity contribution >= 4 is 23.3 Å². The van der Waals surface area contributed by atoms with Crippen molar-refractivity contribution in [3.63, 3.8) is 0 Å². The molecule has 23 heavy (non-hydrogen) atoms. The zero-order valence-electron chi connectivity index (χ0n) is 12.2. The highest BCUT2D eigenvalue weighted by Gasteiger charge is 2.17. The van der Waals surface area contributed by atoms with Gasteiger partial charge in [-0.25, -0.2) is 0 Å². The third-order valence-corrected chi connectivity index (χ3v) is 2.62. The topological polar surface area (TPSA) is 139 Å². The van der Waals surface area contributed by atoms with Gasteiger partial charge < -0.3 is 9.47 Å². The van der Waals surface area contributed by atoms with Crippen LogP contribution in [0.4, 0.5) is 11.4 Å². The van der Waals surface area contributed by atoms with Gasteiger partial charge in [0.2, 0.25) is 0 Å². The maximum atomic E-state index is 11.5. The average Bonchev–Trinajstić information content (AvgIpc) is 2.50. The molecule has 0 atom stereocenters. The molecule has 0 fully saturated rings. The van der Waals surface area contributed by atoms with Crippen molar-refractivity contribution in [2.45, 2.75) is 26.4 Å². The van der Waals surface area contributed by atoms with Crippen LogP contribution >= 0.6 is 0 Å². The van der Waals surface area contributed by atoms with Crippen LogP contribution in [-0.4, -0.2) is 28.4 Å². The summed E-state index contributed by atoms with van der Waals surface area (Å²) in [4.78, 5) is 42.4. The summed E-state index contributed by atoms with van der Waals surface area (Å²) in [6.45, 7) is 1.46. The first-order valence-corrected chi connectivity index (χ1v) is 6.57. The van der Waals surface area contributed by atoms with Crippen molar-refractivity contribution < 1.29 is 28.9 Å². The molecule has 0 amide bonds. The fraction of sp³-hybridized carbons (Fsp3) is 0.385. The van der Waals surface area contributed by atoms with Crippen LogP contribution in [0.3, 0.4) is 0 Å². The molecule has 0 aliphatic carbocycles. The van der Waals surface area contributed by atoms with E-state index in [2.05, 4.69) is 4.74 Å². The maximum Gasteiger partial charge on any atom is 0.306 e. The number of carbonyl (C=O) groups is 2. The Kier molecular flexibility index (Phi) is 6.59. The number of ether oxygens (including phenoxy) is 2. The van der Waals surface area contributed by atoms with Crippen LogP contribution in [0.2, 0.25) is 0 Å². The smallest absolute Gasteiger partial charge is 0.306 e. The molecular weight excluding hydrogens is 312 g/mol. The highest BCUT2D eigenvalue weighted by atomic mass is 16.6. The molecule has 0 aliphatic rings. The van der Waals surface area contributed by atoms with E-state index in [9.17, 15) is 29.8 Å². The largest absolute Gasteiger partial charge is 0.466 e. The van der Waals surface area contributed by atoms with Gasteiger partial charge in [-0.05, 0) is 6.92 Å². The molecule has 124 valence electrons. The number of nitrogens with zero attached hydrogens (tertiary/aromatic N) is 2. The minimum atomic E-state index is -0.779. The summed E-state index contributed by atoms with van der Waals surface area (Å²) in [5, 5.41) is 21.5. The number of non-ortho nitro benzene ring substituents is 2. The van der Waals surface area contributed by atoms with E-state index in [0.29, 0.717) is 0 Å². The van der Waals surface area contributed by atoms with Gasteiger partial charge in [-0.3, -0.25) is 29.8 Å². The second-order valence-corrected chi connectivity index (χ2v) is 4.34. The van der Waals surface area contributed by atoms with E-state index >= 15 is 0 Å². The summed E-state index contributed by atoms with van der Waals surface area (Å²) in [7, 11) is 0. The van der Waals surface area contributed by atoms with E-state index in [1.807, 2.05) is 0 Å². The molecule has 0 bridgehead atoms. The third-order valence-electron chi connectivity index (χ3n) is 2.62. The molecule has 1 aromatic rings. The average molecular weight is 326 g/mol. The molecular formula is C13H14N2O8. The normalized spacial score (nSPS) is 9.96. The summed E-state index contributed by atoms with van der Waals surface area (Å²) in [6.07, 6.45) is -0.363. The molecule has 0 radical (unpaired) electrons. The number of hydrogen-bond donors (Lipinski definition) is 0. The Hall–Kier alpha value is -3.04. The van der Waals surface area contributed by atoms with E-state index in [4.69, 9.17) is 4.74 Å². The van der Waals surface area contributed by atoms with Crippen molar-refractivity contribution in [2.24, 2.45) is 0 Å². The molecule has 0 aromatic heterocycles. The molecule has 0 saturated carbocycles. The monoisotopic (exact) mass is 326 g/mol. The predicted molar refractivity (Wildman–Crippen MR) is 75.4 cm³/mol. The summed E-state index contributed by atoms with van der Waals surface area (Å²) < 4.78 is 9.48. The Balaban J connectivity index is 2.66. The van der Waals surface area contributed by atoms with E-state index in [1.54, 1.807) is 6.92 Å². The lowest BCUT2D eigenvalue weighted by Gasteiger charge is -2.05. The van der Waals surface area contributed by atoms with Crippen molar-refractivity contribution in [2.75, 3.05) is 6.61 Å². The van der Waals surface area contributed by atoms with Gasteiger partial charge in [-0.1, -0.05) is 0 Å². The molecule has 0 unspecified atom stereocenters. The maximum absolute atomic E-state index is 11.5. The lowest BCUT2D eigenvalue weighted by molar-refractivity contribution is -0.394. The first-order chi connectivity index (χ1) is 10.8. The Morgan fingerprint density at radius 3 is 1.87 bits per heavy atom. The molecule has 10 nitrogen and oxygen atoms in total. The highest BCUT2D eigenvalue weighted by Crippen LogP contribution is 2.23. The van der Waals surface area contributed by atoms with Crippen LogP contribution in [0.5, 0.6) is 0 Å². The lowest BCUT2D eigenvalue weighted by Crippen LogP contribution is -2.10. The second kappa shape index (κ2) is 8.41. The molecule has 10 heteroatoms. The van der Waals surface area contributed by atoms with E-state index in [1.165, 1.54) is 0 Å². The summed E-state index contributed by atoms with van der Waals surface area (Å²) in [5.41, 5.74) is -0.844. The van der Waals surface area contributed by atoms with E-state index in [-0.39, 0.29) is 31.6 Å². The minimum absolute atomic E-state index is 0.107. The number of nitro groups is 2. The summed E-state index contributed by atoms with van der Waals surface area (Å²) >= 11 is 0. The highest BCUT2D eigenvalue weighted by molar-refractivity contribution is 5.77. The zero-order chi connectivity index (χ0) is 17.4. The Labute approximate surface area is 130 Å². The van der Waals surface area contributed by atoms with Crippen molar-refractivity contribution in [1.82, 2.24) is 0 Å². The molecule has 0 N–H and O–H groups in total. The predicted octanol–water partition coefficient (Wildman–Crippen LogP) is 1.89. The molecule has 1 aromatic carbocycles. The van der Waals surface area contributed by atoms with Gasteiger partial charge in [-0.15, -0.1) is 0 Å². The van der Waals surface area contributed by atoms with Crippen LogP contribution in [0.15, 0.2) is 18.2 Å². The zero-order valence-corrected chi connectivity index (χ0v) is 12.2. The number of nitro benzene ring substituents is 2. The van der Waals surface area contributed by atoms with Crippen molar-refractivity contribution in [3.8, 4) is 0 Å². The van der Waals surface area contributed by atoms with Gasteiger partial charge in [0.05, 0.1) is 35.4 Å². The van der Waals surface area contributed by atoms with E-state index in [0.717, 1.165) is 18.2 Å². The molecule has 0 spiro atoms. The number of esters is 2. The fourth-order valence-electron chi connectivity index (χ4n) is 1.62.